The summed E-state index contributed by atoms with van der Waals surface area (Å²) in [5.74, 6) is -0.906. The van der Waals surface area contributed by atoms with Crippen LogP contribution in [-0.4, -0.2) is 22.2 Å². The van der Waals surface area contributed by atoms with Crippen LogP contribution in [-0.2, 0) is 4.79 Å². The van der Waals surface area contributed by atoms with E-state index in [4.69, 9.17) is 9.84 Å². The minimum atomic E-state index is -0.866. The van der Waals surface area contributed by atoms with E-state index in [2.05, 4.69) is 4.98 Å². The van der Waals surface area contributed by atoms with Crippen LogP contribution < -0.4 is 4.74 Å². The van der Waals surface area contributed by atoms with E-state index >= 15 is 0 Å². The van der Waals surface area contributed by atoms with Crippen molar-refractivity contribution in [2.75, 3.05) is 0 Å². The average molecular weight is 223 g/mol. The number of ether oxygens (including phenoxy) is 1. The highest BCUT2D eigenvalue weighted by atomic mass is 16.5. The van der Waals surface area contributed by atoms with Crippen LogP contribution in [0.3, 0.4) is 0 Å². The van der Waals surface area contributed by atoms with Crippen molar-refractivity contribution in [3.63, 3.8) is 0 Å². The molecule has 1 atom stereocenters. The number of carbonyl (C=O) groups is 1. The van der Waals surface area contributed by atoms with E-state index in [0.717, 1.165) is 0 Å². The summed E-state index contributed by atoms with van der Waals surface area (Å²) in [7, 11) is 0. The fraction of sp³-hybridized carbons (Fsp3) is 0.500. The summed E-state index contributed by atoms with van der Waals surface area (Å²) in [6.07, 6.45) is 2.10. The van der Waals surface area contributed by atoms with Crippen molar-refractivity contribution in [1.29, 1.82) is 0 Å². The molecule has 0 aliphatic heterocycles. The molecule has 88 valence electrons. The lowest BCUT2D eigenvalue weighted by Gasteiger charge is -2.16. The largest absolute Gasteiger partial charge is 0.489 e. The smallest absolute Gasteiger partial charge is 0.312 e. The Kier molecular flexibility index (Phi) is 4.28. The SMILES string of the molecule is CCC(C(=O)O)c1ncccc1OC(C)C. The molecule has 1 aromatic rings. The Hall–Kier alpha value is -1.58. The summed E-state index contributed by atoms with van der Waals surface area (Å²) in [6.45, 7) is 5.63. The minimum absolute atomic E-state index is 0.00857. The van der Waals surface area contributed by atoms with Gasteiger partial charge in [0.2, 0.25) is 0 Å². The standard InChI is InChI=1S/C12H17NO3/c1-4-9(12(14)15)11-10(16-8(2)3)6-5-7-13-11/h5-9H,4H2,1-3H3,(H,14,15). The molecule has 16 heavy (non-hydrogen) atoms. The van der Waals surface area contributed by atoms with E-state index in [0.29, 0.717) is 17.9 Å². The van der Waals surface area contributed by atoms with Crippen molar-refractivity contribution in [3.8, 4) is 5.75 Å². The van der Waals surface area contributed by atoms with Crippen LogP contribution in [0.25, 0.3) is 0 Å². The van der Waals surface area contributed by atoms with E-state index in [1.165, 1.54) is 0 Å². The van der Waals surface area contributed by atoms with Gasteiger partial charge in [0.15, 0.2) is 0 Å². The Bertz CT molecular complexity index is 363. The molecule has 1 N–H and O–H groups in total. The number of hydrogen-bond acceptors (Lipinski definition) is 3. The topological polar surface area (TPSA) is 59.4 Å². The lowest BCUT2D eigenvalue weighted by molar-refractivity contribution is -0.139. The molecule has 1 rings (SSSR count). The maximum absolute atomic E-state index is 11.1. The molecule has 0 aliphatic rings. The van der Waals surface area contributed by atoms with Crippen molar-refractivity contribution in [2.24, 2.45) is 0 Å². The van der Waals surface area contributed by atoms with Gasteiger partial charge >= 0.3 is 5.97 Å². The first kappa shape index (κ1) is 12.5. The van der Waals surface area contributed by atoms with Gasteiger partial charge < -0.3 is 9.84 Å². The number of nitrogens with zero attached hydrogens (tertiary/aromatic N) is 1. The van der Waals surface area contributed by atoms with Gasteiger partial charge in [-0.15, -0.1) is 0 Å². The number of aliphatic carboxylic acids is 1. The Balaban J connectivity index is 3.05. The number of pyridine rings is 1. The lowest BCUT2D eigenvalue weighted by atomic mass is 10.0. The number of carboxylic acid groups (broad SMARTS) is 1. The Morgan fingerprint density at radius 1 is 1.56 bits per heavy atom. The zero-order valence-electron chi connectivity index (χ0n) is 9.80. The van der Waals surface area contributed by atoms with Gasteiger partial charge in [-0.05, 0) is 32.4 Å². The zero-order chi connectivity index (χ0) is 12.1. The molecule has 1 aromatic heterocycles. The molecule has 0 spiro atoms. The van der Waals surface area contributed by atoms with Crippen LogP contribution >= 0.6 is 0 Å². The van der Waals surface area contributed by atoms with Gasteiger partial charge in [-0.1, -0.05) is 6.92 Å². The fourth-order valence-electron chi connectivity index (χ4n) is 1.50. The Morgan fingerprint density at radius 2 is 2.25 bits per heavy atom. The normalized spacial score (nSPS) is 12.5. The van der Waals surface area contributed by atoms with Crippen molar-refractivity contribution >= 4 is 5.97 Å². The van der Waals surface area contributed by atoms with Gasteiger partial charge in [0.05, 0.1) is 11.8 Å². The highest BCUT2D eigenvalue weighted by molar-refractivity contribution is 5.76. The van der Waals surface area contributed by atoms with E-state index in [1.807, 2.05) is 20.8 Å². The first-order valence-electron chi connectivity index (χ1n) is 5.40. The minimum Gasteiger partial charge on any atom is -0.489 e. The molecule has 1 heterocycles. The van der Waals surface area contributed by atoms with E-state index in [-0.39, 0.29) is 6.10 Å². The zero-order valence-corrected chi connectivity index (χ0v) is 9.80. The molecule has 4 heteroatoms. The third-order valence-corrected chi connectivity index (χ3v) is 2.20. The number of hydrogen-bond donors (Lipinski definition) is 1. The number of carboxylic acids is 1. The summed E-state index contributed by atoms with van der Waals surface area (Å²) in [5.41, 5.74) is 0.506. The summed E-state index contributed by atoms with van der Waals surface area (Å²) in [5, 5.41) is 9.09. The summed E-state index contributed by atoms with van der Waals surface area (Å²) in [4.78, 5) is 15.2. The van der Waals surface area contributed by atoms with Crippen molar-refractivity contribution < 1.29 is 14.6 Å². The first-order valence-corrected chi connectivity index (χ1v) is 5.40. The molecule has 0 aromatic carbocycles. The van der Waals surface area contributed by atoms with Crippen molar-refractivity contribution in [1.82, 2.24) is 4.98 Å². The molecule has 0 saturated heterocycles. The molecule has 0 radical (unpaired) electrons. The maximum Gasteiger partial charge on any atom is 0.312 e. The molecule has 1 unspecified atom stereocenters. The molecular formula is C12H17NO3. The van der Waals surface area contributed by atoms with Gasteiger partial charge in [0, 0.05) is 6.20 Å². The molecule has 0 saturated carbocycles. The molecular weight excluding hydrogens is 206 g/mol. The maximum atomic E-state index is 11.1. The van der Waals surface area contributed by atoms with Gasteiger partial charge in [-0.3, -0.25) is 9.78 Å². The summed E-state index contributed by atoms with van der Waals surface area (Å²) < 4.78 is 5.55. The third kappa shape index (κ3) is 2.95. The molecule has 0 amide bonds. The second kappa shape index (κ2) is 5.49. The Morgan fingerprint density at radius 3 is 2.75 bits per heavy atom. The quantitative estimate of drug-likeness (QED) is 0.832. The van der Waals surface area contributed by atoms with E-state index < -0.39 is 11.9 Å². The predicted octanol–water partition coefficient (Wildman–Crippen LogP) is 2.45. The van der Waals surface area contributed by atoms with Crippen LogP contribution in [0.5, 0.6) is 5.75 Å². The number of rotatable bonds is 5. The lowest BCUT2D eigenvalue weighted by Crippen LogP contribution is -2.15. The van der Waals surface area contributed by atoms with E-state index in [9.17, 15) is 4.79 Å². The monoisotopic (exact) mass is 223 g/mol. The molecule has 0 bridgehead atoms. The van der Waals surface area contributed by atoms with Crippen molar-refractivity contribution in [2.45, 2.75) is 39.2 Å². The van der Waals surface area contributed by atoms with Crippen LogP contribution in [0, 0.1) is 0 Å². The molecule has 4 nitrogen and oxygen atoms in total. The van der Waals surface area contributed by atoms with Crippen molar-refractivity contribution in [3.05, 3.63) is 24.0 Å². The Labute approximate surface area is 95.3 Å². The fourth-order valence-corrected chi connectivity index (χ4v) is 1.50. The summed E-state index contributed by atoms with van der Waals surface area (Å²) in [6, 6.07) is 3.50. The van der Waals surface area contributed by atoms with Crippen LogP contribution in [0.2, 0.25) is 0 Å². The van der Waals surface area contributed by atoms with Gasteiger partial charge in [0.25, 0.3) is 0 Å². The van der Waals surface area contributed by atoms with Crippen LogP contribution in [0.1, 0.15) is 38.8 Å². The van der Waals surface area contributed by atoms with Crippen LogP contribution in [0.15, 0.2) is 18.3 Å². The average Bonchev–Trinajstić information content (AvgIpc) is 2.20. The second-order valence-electron chi connectivity index (χ2n) is 3.85. The highest BCUT2D eigenvalue weighted by Gasteiger charge is 2.23. The second-order valence-corrected chi connectivity index (χ2v) is 3.85. The van der Waals surface area contributed by atoms with Gasteiger partial charge in [-0.25, -0.2) is 0 Å². The van der Waals surface area contributed by atoms with Gasteiger partial charge in [0.1, 0.15) is 11.7 Å². The highest BCUT2D eigenvalue weighted by Crippen LogP contribution is 2.27. The first-order chi connectivity index (χ1) is 7.56. The van der Waals surface area contributed by atoms with Crippen LogP contribution in [0.4, 0.5) is 0 Å². The van der Waals surface area contributed by atoms with Gasteiger partial charge in [-0.2, -0.15) is 0 Å². The summed E-state index contributed by atoms with van der Waals surface area (Å²) >= 11 is 0. The molecule has 0 aliphatic carbocycles. The third-order valence-electron chi connectivity index (χ3n) is 2.20. The molecule has 0 fully saturated rings. The predicted molar refractivity (Wildman–Crippen MR) is 60.7 cm³/mol. The number of aromatic nitrogens is 1. The van der Waals surface area contributed by atoms with E-state index in [1.54, 1.807) is 18.3 Å².